The monoisotopic (exact) mass is 268 g/mol. The van der Waals surface area contributed by atoms with E-state index in [1.807, 2.05) is 0 Å². The van der Waals surface area contributed by atoms with Gasteiger partial charge in [-0.25, -0.2) is 4.79 Å². The minimum Gasteiger partial charge on any atom is -0.383 e. The van der Waals surface area contributed by atoms with Crippen molar-refractivity contribution in [3.63, 3.8) is 0 Å². The molecular formula is C12H20N4O3. The van der Waals surface area contributed by atoms with Crippen LogP contribution in [0.3, 0.4) is 0 Å². The molecule has 1 aromatic rings. The molecule has 0 spiro atoms. The fraction of sp³-hybridized carbons (Fsp3) is 0.667. The smallest absolute Gasteiger partial charge is 0.319 e. The van der Waals surface area contributed by atoms with E-state index < -0.39 is 0 Å². The molecule has 1 saturated heterocycles. The van der Waals surface area contributed by atoms with E-state index in [0.717, 1.165) is 19.6 Å². The number of nitrogens with one attached hydrogen (secondary N) is 2. The number of carbonyl (C=O) groups excluding carboxylic acids is 1. The molecule has 0 bridgehead atoms. The first kappa shape index (κ1) is 13.8. The topological polar surface area (TPSA) is 77.4 Å². The maximum Gasteiger partial charge on any atom is 0.319 e. The van der Waals surface area contributed by atoms with Crippen molar-refractivity contribution >= 4 is 11.7 Å². The van der Waals surface area contributed by atoms with E-state index in [0.29, 0.717) is 31.3 Å². The SMILES string of the molecule is COCCn1cc(NC(=O)NCC2CCOC2)cn1. The van der Waals surface area contributed by atoms with E-state index in [1.54, 1.807) is 24.2 Å². The molecule has 2 rings (SSSR count). The molecule has 1 aliphatic heterocycles. The molecule has 2 N–H and O–H groups in total. The zero-order valence-electron chi connectivity index (χ0n) is 11.1. The standard InChI is InChI=1S/C12H20N4O3/c1-18-5-3-16-8-11(7-14-16)15-12(17)13-6-10-2-4-19-9-10/h7-8,10H,2-6,9H2,1H3,(H2,13,15,17). The number of amides is 2. The van der Waals surface area contributed by atoms with Gasteiger partial charge in [0.25, 0.3) is 0 Å². The second-order valence-electron chi connectivity index (χ2n) is 4.55. The van der Waals surface area contributed by atoms with Crippen molar-refractivity contribution in [2.24, 2.45) is 5.92 Å². The normalized spacial score (nSPS) is 18.5. The lowest BCUT2D eigenvalue weighted by atomic mass is 10.1. The van der Waals surface area contributed by atoms with Gasteiger partial charge in [0.2, 0.25) is 0 Å². The highest BCUT2D eigenvalue weighted by atomic mass is 16.5. The summed E-state index contributed by atoms with van der Waals surface area (Å²) in [4.78, 5) is 11.7. The average molecular weight is 268 g/mol. The molecular weight excluding hydrogens is 248 g/mol. The Bertz CT molecular complexity index is 401. The summed E-state index contributed by atoms with van der Waals surface area (Å²) in [6.07, 6.45) is 4.40. The molecule has 0 aliphatic carbocycles. The van der Waals surface area contributed by atoms with Gasteiger partial charge in [0.15, 0.2) is 0 Å². The predicted molar refractivity (Wildman–Crippen MR) is 70.1 cm³/mol. The Labute approximate surface area is 112 Å². The lowest BCUT2D eigenvalue weighted by Gasteiger charge is -2.09. The zero-order valence-corrected chi connectivity index (χ0v) is 11.1. The Morgan fingerprint density at radius 3 is 3.32 bits per heavy atom. The van der Waals surface area contributed by atoms with Crippen molar-refractivity contribution in [2.75, 3.05) is 38.8 Å². The molecule has 2 amide bonds. The number of carbonyl (C=O) groups is 1. The maximum absolute atomic E-state index is 11.7. The molecule has 0 radical (unpaired) electrons. The first-order valence-electron chi connectivity index (χ1n) is 6.42. The van der Waals surface area contributed by atoms with Crippen molar-refractivity contribution in [2.45, 2.75) is 13.0 Å². The fourth-order valence-electron chi connectivity index (χ4n) is 1.89. The Kier molecular flexibility index (Phi) is 5.17. The number of rotatable bonds is 6. The first-order valence-corrected chi connectivity index (χ1v) is 6.42. The van der Waals surface area contributed by atoms with Gasteiger partial charge in [0, 0.05) is 32.4 Å². The zero-order chi connectivity index (χ0) is 13.5. The second kappa shape index (κ2) is 7.10. The summed E-state index contributed by atoms with van der Waals surface area (Å²) in [6, 6.07) is -0.210. The van der Waals surface area contributed by atoms with Gasteiger partial charge in [0.1, 0.15) is 0 Å². The van der Waals surface area contributed by atoms with Crippen LogP contribution in [0.2, 0.25) is 0 Å². The molecule has 0 saturated carbocycles. The summed E-state index contributed by atoms with van der Waals surface area (Å²) in [6.45, 7) is 3.42. The number of urea groups is 1. The van der Waals surface area contributed by atoms with Crippen LogP contribution in [0.5, 0.6) is 0 Å². The van der Waals surface area contributed by atoms with Crippen molar-refractivity contribution in [1.29, 1.82) is 0 Å². The van der Waals surface area contributed by atoms with Crippen LogP contribution in [0.4, 0.5) is 10.5 Å². The molecule has 0 aromatic carbocycles. The molecule has 1 atom stereocenters. The molecule has 7 nitrogen and oxygen atoms in total. The fourth-order valence-corrected chi connectivity index (χ4v) is 1.89. The quantitative estimate of drug-likeness (QED) is 0.795. The summed E-state index contributed by atoms with van der Waals surface area (Å²) in [7, 11) is 1.64. The van der Waals surface area contributed by atoms with Gasteiger partial charge in [-0.2, -0.15) is 5.10 Å². The number of ether oxygens (including phenoxy) is 2. The van der Waals surface area contributed by atoms with Crippen LogP contribution in [0.15, 0.2) is 12.4 Å². The molecule has 1 aliphatic rings. The van der Waals surface area contributed by atoms with E-state index in [4.69, 9.17) is 9.47 Å². The highest BCUT2D eigenvalue weighted by Crippen LogP contribution is 2.10. The van der Waals surface area contributed by atoms with Crippen LogP contribution < -0.4 is 10.6 Å². The van der Waals surface area contributed by atoms with Gasteiger partial charge >= 0.3 is 6.03 Å². The van der Waals surface area contributed by atoms with Crippen LogP contribution in [-0.4, -0.2) is 49.3 Å². The summed E-state index contributed by atoms with van der Waals surface area (Å²) in [5, 5.41) is 9.70. The number of methoxy groups -OCH3 is 1. The highest BCUT2D eigenvalue weighted by molar-refractivity contribution is 5.88. The Balaban J connectivity index is 1.70. The summed E-state index contributed by atoms with van der Waals surface area (Å²) in [5.41, 5.74) is 0.677. The minimum absolute atomic E-state index is 0.210. The van der Waals surface area contributed by atoms with Crippen molar-refractivity contribution in [3.05, 3.63) is 12.4 Å². The van der Waals surface area contributed by atoms with Gasteiger partial charge in [-0.15, -0.1) is 0 Å². The molecule has 1 unspecified atom stereocenters. The first-order chi connectivity index (χ1) is 9.28. The lowest BCUT2D eigenvalue weighted by molar-refractivity contribution is 0.183. The van der Waals surface area contributed by atoms with E-state index >= 15 is 0 Å². The number of hydrogen-bond donors (Lipinski definition) is 2. The van der Waals surface area contributed by atoms with Crippen molar-refractivity contribution < 1.29 is 14.3 Å². The maximum atomic E-state index is 11.7. The third kappa shape index (κ3) is 4.53. The molecule has 1 fully saturated rings. The molecule has 19 heavy (non-hydrogen) atoms. The average Bonchev–Trinajstić information content (AvgIpc) is 3.05. The van der Waals surface area contributed by atoms with E-state index in [2.05, 4.69) is 15.7 Å². The largest absolute Gasteiger partial charge is 0.383 e. The molecule has 1 aromatic heterocycles. The Morgan fingerprint density at radius 1 is 1.68 bits per heavy atom. The van der Waals surface area contributed by atoms with E-state index in [-0.39, 0.29) is 6.03 Å². The third-order valence-corrected chi connectivity index (χ3v) is 2.99. The predicted octanol–water partition coefficient (Wildman–Crippen LogP) is 0.687. The molecule has 106 valence electrons. The second-order valence-corrected chi connectivity index (χ2v) is 4.55. The third-order valence-electron chi connectivity index (χ3n) is 2.99. The van der Waals surface area contributed by atoms with Crippen LogP contribution in [0.25, 0.3) is 0 Å². The number of hydrogen-bond acceptors (Lipinski definition) is 4. The van der Waals surface area contributed by atoms with Crippen LogP contribution in [0.1, 0.15) is 6.42 Å². The van der Waals surface area contributed by atoms with Gasteiger partial charge in [-0.1, -0.05) is 0 Å². The van der Waals surface area contributed by atoms with Gasteiger partial charge in [0.05, 0.1) is 31.6 Å². The summed E-state index contributed by atoms with van der Waals surface area (Å²) < 4.78 is 11.9. The Morgan fingerprint density at radius 2 is 2.58 bits per heavy atom. The van der Waals surface area contributed by atoms with Gasteiger partial charge < -0.3 is 20.1 Å². The van der Waals surface area contributed by atoms with Gasteiger partial charge in [-0.05, 0) is 6.42 Å². The molecule has 7 heteroatoms. The van der Waals surface area contributed by atoms with E-state index in [1.165, 1.54) is 0 Å². The summed E-state index contributed by atoms with van der Waals surface area (Å²) in [5.74, 6) is 0.426. The highest BCUT2D eigenvalue weighted by Gasteiger charge is 2.16. The van der Waals surface area contributed by atoms with Gasteiger partial charge in [-0.3, -0.25) is 4.68 Å². The van der Waals surface area contributed by atoms with Crippen LogP contribution >= 0.6 is 0 Å². The molecule has 2 heterocycles. The Hall–Kier alpha value is -1.60. The van der Waals surface area contributed by atoms with E-state index in [9.17, 15) is 4.79 Å². The van der Waals surface area contributed by atoms with Crippen molar-refractivity contribution in [3.8, 4) is 0 Å². The number of aromatic nitrogens is 2. The van der Waals surface area contributed by atoms with Crippen LogP contribution in [0, 0.1) is 5.92 Å². The van der Waals surface area contributed by atoms with Crippen LogP contribution in [-0.2, 0) is 16.0 Å². The minimum atomic E-state index is -0.210. The van der Waals surface area contributed by atoms with Crippen molar-refractivity contribution in [1.82, 2.24) is 15.1 Å². The summed E-state index contributed by atoms with van der Waals surface area (Å²) >= 11 is 0. The lowest BCUT2D eigenvalue weighted by Crippen LogP contribution is -2.33. The number of anilines is 1. The number of nitrogens with zero attached hydrogens (tertiary/aromatic N) is 2.